The maximum absolute atomic E-state index is 8.54. The van der Waals surface area contributed by atoms with E-state index in [9.17, 15) is 0 Å². The zero-order chi connectivity index (χ0) is 11.8. The summed E-state index contributed by atoms with van der Waals surface area (Å²) in [6.07, 6.45) is 1.11. The Morgan fingerprint density at radius 2 is 2.25 bits per heavy atom. The molecule has 0 radical (unpaired) electrons. The van der Waals surface area contributed by atoms with E-state index in [0.29, 0.717) is 19.3 Å². The van der Waals surface area contributed by atoms with E-state index in [1.807, 2.05) is 11.3 Å². The summed E-state index contributed by atoms with van der Waals surface area (Å²) in [7, 11) is 0. The number of aryl methyl sites for hydroxylation is 1. The second-order valence-electron chi connectivity index (χ2n) is 3.67. The summed E-state index contributed by atoms with van der Waals surface area (Å²) in [5.74, 6) is 0. The van der Waals surface area contributed by atoms with Crippen molar-refractivity contribution >= 4 is 11.3 Å². The van der Waals surface area contributed by atoms with Gasteiger partial charge in [0.15, 0.2) is 0 Å². The van der Waals surface area contributed by atoms with Gasteiger partial charge < -0.3 is 15.2 Å². The molecule has 0 aromatic carbocycles. The zero-order valence-corrected chi connectivity index (χ0v) is 10.8. The highest BCUT2D eigenvalue weighted by Crippen LogP contribution is 2.23. The van der Waals surface area contributed by atoms with Gasteiger partial charge in [-0.15, -0.1) is 11.3 Å². The van der Waals surface area contributed by atoms with E-state index in [1.54, 1.807) is 0 Å². The summed E-state index contributed by atoms with van der Waals surface area (Å²) in [6.45, 7) is 6.33. The lowest BCUT2D eigenvalue weighted by molar-refractivity contribution is 0.0929. The van der Waals surface area contributed by atoms with Gasteiger partial charge in [-0.3, -0.25) is 0 Å². The van der Waals surface area contributed by atoms with E-state index in [0.717, 1.165) is 13.0 Å². The first-order chi connectivity index (χ1) is 7.77. The number of hydrogen-bond acceptors (Lipinski definition) is 4. The molecule has 0 aliphatic heterocycles. The van der Waals surface area contributed by atoms with Crippen LogP contribution in [0.5, 0.6) is 0 Å². The zero-order valence-electron chi connectivity index (χ0n) is 10.0. The highest BCUT2D eigenvalue weighted by molar-refractivity contribution is 7.12. The van der Waals surface area contributed by atoms with Crippen molar-refractivity contribution in [1.29, 1.82) is 0 Å². The highest BCUT2D eigenvalue weighted by Gasteiger charge is 2.06. The van der Waals surface area contributed by atoms with E-state index >= 15 is 0 Å². The van der Waals surface area contributed by atoms with Gasteiger partial charge in [-0.1, -0.05) is 6.92 Å². The predicted octanol–water partition coefficient (Wildman–Crippen LogP) is 1.97. The van der Waals surface area contributed by atoms with Crippen LogP contribution in [-0.4, -0.2) is 31.5 Å². The van der Waals surface area contributed by atoms with Crippen LogP contribution in [0.1, 0.15) is 29.6 Å². The smallest absolute Gasteiger partial charge is 0.0698 e. The molecule has 92 valence electrons. The molecule has 16 heavy (non-hydrogen) atoms. The van der Waals surface area contributed by atoms with Crippen LogP contribution in [0.2, 0.25) is 0 Å². The number of ether oxygens (including phenoxy) is 1. The van der Waals surface area contributed by atoms with Crippen LogP contribution in [0, 0.1) is 0 Å². The molecule has 0 saturated carbocycles. The number of thiophene rings is 1. The SMILES string of the molecule is CCc1ccc(C(C)NCCOCCO)s1. The Hall–Kier alpha value is -0.420. The summed E-state index contributed by atoms with van der Waals surface area (Å²) in [4.78, 5) is 2.80. The van der Waals surface area contributed by atoms with Gasteiger partial charge in [-0.05, 0) is 25.5 Å². The second-order valence-corrected chi connectivity index (χ2v) is 4.87. The van der Waals surface area contributed by atoms with Crippen LogP contribution < -0.4 is 5.32 Å². The Balaban J connectivity index is 2.21. The summed E-state index contributed by atoms with van der Waals surface area (Å²) in [6, 6.07) is 4.76. The standard InChI is InChI=1S/C12H21NO2S/c1-3-11-4-5-12(16-11)10(2)13-6-8-15-9-7-14/h4-5,10,13-14H,3,6-9H2,1-2H3. The van der Waals surface area contributed by atoms with Crippen molar-refractivity contribution < 1.29 is 9.84 Å². The van der Waals surface area contributed by atoms with Gasteiger partial charge in [0.2, 0.25) is 0 Å². The third-order valence-electron chi connectivity index (χ3n) is 2.39. The Bertz CT molecular complexity index is 288. The van der Waals surface area contributed by atoms with Gasteiger partial charge in [0.05, 0.1) is 19.8 Å². The van der Waals surface area contributed by atoms with E-state index in [2.05, 4.69) is 31.3 Å². The van der Waals surface area contributed by atoms with E-state index in [4.69, 9.17) is 9.84 Å². The first-order valence-corrected chi connectivity index (χ1v) is 6.60. The topological polar surface area (TPSA) is 41.5 Å². The molecule has 1 atom stereocenters. The summed E-state index contributed by atoms with van der Waals surface area (Å²) in [5, 5.41) is 11.9. The molecule has 1 heterocycles. The molecule has 0 spiro atoms. The lowest BCUT2D eigenvalue weighted by Gasteiger charge is -2.11. The van der Waals surface area contributed by atoms with Crippen molar-refractivity contribution in [1.82, 2.24) is 5.32 Å². The molecule has 2 N–H and O–H groups in total. The Labute approximate surface area is 101 Å². The van der Waals surface area contributed by atoms with Crippen LogP contribution in [0.4, 0.5) is 0 Å². The van der Waals surface area contributed by atoms with E-state index < -0.39 is 0 Å². The maximum Gasteiger partial charge on any atom is 0.0698 e. The summed E-state index contributed by atoms with van der Waals surface area (Å²) < 4.78 is 5.19. The predicted molar refractivity (Wildman–Crippen MR) is 68.0 cm³/mol. The minimum atomic E-state index is 0.0976. The van der Waals surface area contributed by atoms with Crippen LogP contribution in [-0.2, 0) is 11.2 Å². The number of hydrogen-bond donors (Lipinski definition) is 2. The van der Waals surface area contributed by atoms with Crippen LogP contribution in [0.25, 0.3) is 0 Å². The average molecular weight is 243 g/mol. The van der Waals surface area contributed by atoms with Gasteiger partial charge in [-0.25, -0.2) is 0 Å². The minimum Gasteiger partial charge on any atom is -0.394 e. The third kappa shape index (κ3) is 4.61. The highest BCUT2D eigenvalue weighted by atomic mass is 32.1. The Kier molecular flexibility index (Phi) is 6.64. The van der Waals surface area contributed by atoms with Crippen molar-refractivity contribution in [2.45, 2.75) is 26.3 Å². The molecule has 3 nitrogen and oxygen atoms in total. The molecule has 0 bridgehead atoms. The Morgan fingerprint density at radius 1 is 1.44 bits per heavy atom. The number of rotatable bonds is 8. The van der Waals surface area contributed by atoms with E-state index in [1.165, 1.54) is 9.75 Å². The molecule has 0 aliphatic rings. The minimum absolute atomic E-state index is 0.0976. The molecule has 1 unspecified atom stereocenters. The first-order valence-electron chi connectivity index (χ1n) is 5.78. The molecule has 4 heteroatoms. The summed E-state index contributed by atoms with van der Waals surface area (Å²) in [5.41, 5.74) is 0. The van der Waals surface area contributed by atoms with Crippen molar-refractivity contribution in [2.75, 3.05) is 26.4 Å². The molecule has 0 aliphatic carbocycles. The molecule has 1 rings (SSSR count). The lowest BCUT2D eigenvalue weighted by atomic mass is 10.2. The fourth-order valence-corrected chi connectivity index (χ4v) is 2.41. The van der Waals surface area contributed by atoms with Gasteiger partial charge in [-0.2, -0.15) is 0 Å². The molecule has 0 fully saturated rings. The van der Waals surface area contributed by atoms with Crippen molar-refractivity contribution in [3.8, 4) is 0 Å². The number of aliphatic hydroxyl groups excluding tert-OH is 1. The van der Waals surface area contributed by atoms with Crippen LogP contribution in [0.15, 0.2) is 12.1 Å². The number of aliphatic hydroxyl groups is 1. The molecule has 1 aromatic heterocycles. The average Bonchev–Trinajstić information content (AvgIpc) is 2.77. The Morgan fingerprint density at radius 3 is 2.88 bits per heavy atom. The molecular weight excluding hydrogens is 222 g/mol. The number of nitrogens with one attached hydrogen (secondary N) is 1. The first kappa shape index (κ1) is 13.6. The molecule has 0 saturated heterocycles. The quantitative estimate of drug-likeness (QED) is 0.686. The summed E-state index contributed by atoms with van der Waals surface area (Å²) >= 11 is 1.87. The third-order valence-corrected chi connectivity index (χ3v) is 3.80. The van der Waals surface area contributed by atoms with Gasteiger partial charge >= 0.3 is 0 Å². The molecular formula is C12H21NO2S. The van der Waals surface area contributed by atoms with Crippen molar-refractivity contribution in [2.24, 2.45) is 0 Å². The van der Waals surface area contributed by atoms with Gasteiger partial charge in [0, 0.05) is 22.3 Å². The molecule has 1 aromatic rings. The maximum atomic E-state index is 8.54. The fourth-order valence-electron chi connectivity index (χ4n) is 1.43. The second kappa shape index (κ2) is 7.79. The molecule has 0 amide bonds. The van der Waals surface area contributed by atoms with E-state index in [-0.39, 0.29) is 6.61 Å². The van der Waals surface area contributed by atoms with Crippen LogP contribution in [0.3, 0.4) is 0 Å². The fraction of sp³-hybridized carbons (Fsp3) is 0.667. The van der Waals surface area contributed by atoms with Crippen LogP contribution >= 0.6 is 11.3 Å². The van der Waals surface area contributed by atoms with Crippen molar-refractivity contribution in [3.05, 3.63) is 21.9 Å². The normalized spacial score (nSPS) is 12.9. The van der Waals surface area contributed by atoms with Crippen molar-refractivity contribution in [3.63, 3.8) is 0 Å². The van der Waals surface area contributed by atoms with Gasteiger partial charge in [0.25, 0.3) is 0 Å². The van der Waals surface area contributed by atoms with Gasteiger partial charge in [0.1, 0.15) is 0 Å². The largest absolute Gasteiger partial charge is 0.394 e. The monoisotopic (exact) mass is 243 g/mol. The lowest BCUT2D eigenvalue weighted by Crippen LogP contribution is -2.23.